The third kappa shape index (κ3) is 3.94. The molecule has 17 heavy (non-hydrogen) atoms. The molecule has 0 amide bonds. The van der Waals surface area contributed by atoms with Crippen molar-refractivity contribution in [1.82, 2.24) is 4.90 Å². The van der Waals surface area contributed by atoms with Gasteiger partial charge in [0.15, 0.2) is 0 Å². The lowest BCUT2D eigenvalue weighted by Crippen LogP contribution is -2.44. The zero-order chi connectivity index (χ0) is 12.1. The summed E-state index contributed by atoms with van der Waals surface area (Å²) in [6, 6.07) is 0. The maximum absolute atomic E-state index is 10.2. The molecule has 0 spiro atoms. The second kappa shape index (κ2) is 6.72. The highest BCUT2D eigenvalue weighted by Gasteiger charge is 2.27. The molecule has 2 rings (SSSR count). The Hall–Kier alpha value is -0.120. The first kappa shape index (κ1) is 13.3. The molecule has 1 aliphatic heterocycles. The molecular weight excluding hydrogens is 214 g/mol. The lowest BCUT2D eigenvalue weighted by atomic mass is 9.99. The van der Waals surface area contributed by atoms with Crippen molar-refractivity contribution in [2.75, 3.05) is 26.2 Å². The molecule has 3 heteroatoms. The molecular formula is C14H27NO2. The third-order valence-corrected chi connectivity index (χ3v) is 4.25. The fourth-order valence-corrected chi connectivity index (χ4v) is 3.31. The van der Waals surface area contributed by atoms with E-state index in [9.17, 15) is 5.11 Å². The van der Waals surface area contributed by atoms with Crippen LogP contribution in [-0.4, -0.2) is 48.5 Å². The number of likely N-dealkylation sites (tertiary alicyclic amines) is 1. The normalized spacial score (nSPS) is 29.6. The van der Waals surface area contributed by atoms with Crippen LogP contribution in [0.1, 0.15) is 45.4 Å². The number of aliphatic hydroxyl groups is 1. The van der Waals surface area contributed by atoms with E-state index in [1.807, 2.05) is 0 Å². The summed E-state index contributed by atoms with van der Waals surface area (Å²) in [5.74, 6) is 0.558. The summed E-state index contributed by atoms with van der Waals surface area (Å²) < 4.78 is 5.70. The Bertz CT molecular complexity index is 214. The highest BCUT2D eigenvalue weighted by Crippen LogP contribution is 2.28. The molecule has 1 heterocycles. The molecule has 0 aromatic carbocycles. The summed E-state index contributed by atoms with van der Waals surface area (Å²) in [5.41, 5.74) is 0. The SMILES string of the molecule is CCOC1CCCN(CC(O)C2CCCC2)C1. The van der Waals surface area contributed by atoms with Crippen molar-refractivity contribution < 1.29 is 9.84 Å². The number of aliphatic hydroxyl groups excluding tert-OH is 1. The summed E-state index contributed by atoms with van der Waals surface area (Å²) >= 11 is 0. The number of piperidine rings is 1. The topological polar surface area (TPSA) is 32.7 Å². The fraction of sp³-hybridized carbons (Fsp3) is 1.00. The molecule has 0 radical (unpaired) electrons. The van der Waals surface area contributed by atoms with Gasteiger partial charge in [0, 0.05) is 19.7 Å². The van der Waals surface area contributed by atoms with Crippen LogP contribution in [0, 0.1) is 5.92 Å². The van der Waals surface area contributed by atoms with Crippen LogP contribution in [0.25, 0.3) is 0 Å². The molecule has 100 valence electrons. The average Bonchev–Trinajstić information content (AvgIpc) is 2.83. The molecule has 1 aliphatic carbocycles. The van der Waals surface area contributed by atoms with E-state index in [0.717, 1.165) is 26.2 Å². The number of rotatable bonds is 5. The zero-order valence-electron chi connectivity index (χ0n) is 11.1. The van der Waals surface area contributed by atoms with Gasteiger partial charge in [-0.1, -0.05) is 12.8 Å². The van der Waals surface area contributed by atoms with Crippen molar-refractivity contribution in [3.8, 4) is 0 Å². The van der Waals surface area contributed by atoms with Gasteiger partial charge >= 0.3 is 0 Å². The largest absolute Gasteiger partial charge is 0.392 e. The van der Waals surface area contributed by atoms with E-state index in [2.05, 4.69) is 11.8 Å². The molecule has 2 aliphatic rings. The summed E-state index contributed by atoms with van der Waals surface area (Å²) in [7, 11) is 0. The van der Waals surface area contributed by atoms with Gasteiger partial charge in [-0.2, -0.15) is 0 Å². The molecule has 1 saturated carbocycles. The van der Waals surface area contributed by atoms with Crippen LogP contribution in [0.5, 0.6) is 0 Å². The van der Waals surface area contributed by atoms with E-state index in [-0.39, 0.29) is 6.10 Å². The highest BCUT2D eigenvalue weighted by molar-refractivity contribution is 4.80. The molecule has 1 saturated heterocycles. The molecule has 2 fully saturated rings. The molecule has 0 aromatic rings. The van der Waals surface area contributed by atoms with Crippen LogP contribution < -0.4 is 0 Å². The van der Waals surface area contributed by atoms with Gasteiger partial charge in [-0.05, 0) is 45.1 Å². The Morgan fingerprint density at radius 2 is 2.00 bits per heavy atom. The van der Waals surface area contributed by atoms with Gasteiger partial charge in [0.1, 0.15) is 0 Å². The Morgan fingerprint density at radius 1 is 1.24 bits per heavy atom. The van der Waals surface area contributed by atoms with E-state index < -0.39 is 0 Å². The number of nitrogens with zero attached hydrogens (tertiary/aromatic N) is 1. The number of β-amino-alcohol motifs (C(OH)–C–C–N with tert-alkyl or cyclic N) is 1. The smallest absolute Gasteiger partial charge is 0.0702 e. The van der Waals surface area contributed by atoms with Gasteiger partial charge in [0.05, 0.1) is 12.2 Å². The summed E-state index contributed by atoms with van der Waals surface area (Å²) in [4.78, 5) is 2.40. The van der Waals surface area contributed by atoms with Crippen molar-refractivity contribution in [1.29, 1.82) is 0 Å². The highest BCUT2D eigenvalue weighted by atomic mass is 16.5. The monoisotopic (exact) mass is 241 g/mol. The van der Waals surface area contributed by atoms with Crippen LogP contribution in [0.3, 0.4) is 0 Å². The first-order valence-electron chi connectivity index (χ1n) is 7.31. The second-order valence-corrected chi connectivity index (χ2v) is 5.59. The first-order valence-corrected chi connectivity index (χ1v) is 7.31. The molecule has 0 bridgehead atoms. The standard InChI is InChI=1S/C14H27NO2/c1-2-17-13-8-5-9-15(10-13)11-14(16)12-6-3-4-7-12/h12-14,16H,2-11H2,1H3. The quantitative estimate of drug-likeness (QED) is 0.799. The van der Waals surface area contributed by atoms with Gasteiger partial charge in [-0.15, -0.1) is 0 Å². The van der Waals surface area contributed by atoms with Crippen LogP contribution in [-0.2, 0) is 4.74 Å². The Labute approximate surface area is 105 Å². The van der Waals surface area contributed by atoms with Crippen molar-refractivity contribution in [3.63, 3.8) is 0 Å². The summed E-state index contributed by atoms with van der Waals surface area (Å²) in [6.07, 6.45) is 7.74. The van der Waals surface area contributed by atoms with Gasteiger partial charge in [-0.25, -0.2) is 0 Å². The molecule has 0 aromatic heterocycles. The van der Waals surface area contributed by atoms with E-state index in [4.69, 9.17) is 4.74 Å². The Balaban J connectivity index is 1.73. The lowest BCUT2D eigenvalue weighted by molar-refractivity contribution is -0.0144. The average molecular weight is 241 g/mol. The maximum Gasteiger partial charge on any atom is 0.0702 e. The van der Waals surface area contributed by atoms with Crippen LogP contribution in [0.2, 0.25) is 0 Å². The maximum atomic E-state index is 10.2. The first-order chi connectivity index (χ1) is 8.29. The molecule has 1 N–H and O–H groups in total. The van der Waals surface area contributed by atoms with Crippen molar-refractivity contribution in [3.05, 3.63) is 0 Å². The van der Waals surface area contributed by atoms with Crippen LogP contribution >= 0.6 is 0 Å². The minimum absolute atomic E-state index is 0.113. The van der Waals surface area contributed by atoms with Crippen LogP contribution in [0.15, 0.2) is 0 Å². The third-order valence-electron chi connectivity index (χ3n) is 4.25. The van der Waals surface area contributed by atoms with Gasteiger partial charge in [-0.3, -0.25) is 4.90 Å². The van der Waals surface area contributed by atoms with E-state index >= 15 is 0 Å². The summed E-state index contributed by atoms with van der Waals surface area (Å²) in [6.45, 7) is 5.87. The molecule has 2 atom stereocenters. The van der Waals surface area contributed by atoms with Crippen molar-refractivity contribution in [2.24, 2.45) is 5.92 Å². The number of hydrogen-bond acceptors (Lipinski definition) is 3. The van der Waals surface area contributed by atoms with E-state index in [1.54, 1.807) is 0 Å². The van der Waals surface area contributed by atoms with E-state index in [1.165, 1.54) is 38.5 Å². The van der Waals surface area contributed by atoms with Crippen LogP contribution in [0.4, 0.5) is 0 Å². The molecule has 2 unspecified atom stereocenters. The predicted molar refractivity (Wildman–Crippen MR) is 69.1 cm³/mol. The predicted octanol–water partition coefficient (Wildman–Crippen LogP) is 2.04. The number of ether oxygens (including phenoxy) is 1. The Kier molecular flexibility index (Phi) is 5.26. The van der Waals surface area contributed by atoms with E-state index in [0.29, 0.717) is 12.0 Å². The fourth-order valence-electron chi connectivity index (χ4n) is 3.31. The second-order valence-electron chi connectivity index (χ2n) is 5.59. The minimum atomic E-state index is -0.113. The molecule has 3 nitrogen and oxygen atoms in total. The number of hydrogen-bond donors (Lipinski definition) is 1. The van der Waals surface area contributed by atoms with Gasteiger partial charge in [0.25, 0.3) is 0 Å². The zero-order valence-corrected chi connectivity index (χ0v) is 11.1. The summed E-state index contributed by atoms with van der Waals surface area (Å²) in [5, 5.41) is 10.2. The van der Waals surface area contributed by atoms with Crippen molar-refractivity contribution >= 4 is 0 Å². The van der Waals surface area contributed by atoms with Gasteiger partial charge < -0.3 is 9.84 Å². The van der Waals surface area contributed by atoms with Crippen molar-refractivity contribution in [2.45, 2.75) is 57.7 Å². The lowest BCUT2D eigenvalue weighted by Gasteiger charge is -2.34. The van der Waals surface area contributed by atoms with Gasteiger partial charge in [0.2, 0.25) is 0 Å². The Morgan fingerprint density at radius 3 is 2.71 bits per heavy atom. The minimum Gasteiger partial charge on any atom is -0.392 e.